The number of anilines is 1. The summed E-state index contributed by atoms with van der Waals surface area (Å²) in [6.45, 7) is 1.44. The van der Waals surface area contributed by atoms with Crippen molar-refractivity contribution in [1.82, 2.24) is 14.8 Å². The van der Waals surface area contributed by atoms with Crippen LogP contribution in [0.3, 0.4) is 0 Å². The van der Waals surface area contributed by atoms with E-state index in [-0.39, 0.29) is 6.42 Å². The van der Waals surface area contributed by atoms with E-state index in [4.69, 9.17) is 9.72 Å². The van der Waals surface area contributed by atoms with Crippen LogP contribution in [0.5, 0.6) is 5.75 Å². The van der Waals surface area contributed by atoms with E-state index in [0.29, 0.717) is 24.3 Å². The van der Waals surface area contributed by atoms with Gasteiger partial charge in [0.15, 0.2) is 0 Å². The Morgan fingerprint density at radius 2 is 2.12 bits per heavy atom. The van der Waals surface area contributed by atoms with Gasteiger partial charge in [-0.05, 0) is 60.4 Å². The molecule has 0 fully saturated rings. The topological polar surface area (TPSA) is 89.3 Å². The third-order valence-electron chi connectivity index (χ3n) is 6.04. The van der Waals surface area contributed by atoms with Gasteiger partial charge in [0.2, 0.25) is 0 Å². The summed E-state index contributed by atoms with van der Waals surface area (Å²) in [6.07, 6.45) is 4.35. The standard InChI is InChI=1S/C26H25FN4O3/c27-20-5-1-3-18(13-20)24(15-25(32)33)31-23-9-8-22(14-19(23)16-29-31)34-12-10-21-7-6-17-4-2-11-28-26(17)30-21/h1,3,5-9,13-14,16,24H,2,4,10-12,15H2,(H,28,30)(H,32,33). The first-order chi connectivity index (χ1) is 16.6. The van der Waals surface area contributed by atoms with Crippen molar-refractivity contribution in [2.24, 2.45) is 0 Å². The number of aromatic nitrogens is 3. The fourth-order valence-corrected chi connectivity index (χ4v) is 4.38. The molecule has 7 nitrogen and oxygen atoms in total. The SMILES string of the molecule is O=C(O)CC(c1cccc(F)c1)n1ncc2cc(OCCc3ccc4c(n3)NCCC4)ccc21. The monoisotopic (exact) mass is 460 g/mol. The van der Waals surface area contributed by atoms with E-state index in [9.17, 15) is 14.3 Å². The zero-order chi connectivity index (χ0) is 23.5. The molecule has 2 aromatic carbocycles. The van der Waals surface area contributed by atoms with Gasteiger partial charge in [0, 0.05) is 24.0 Å². The molecule has 4 aromatic rings. The van der Waals surface area contributed by atoms with Crippen molar-refractivity contribution < 1.29 is 19.0 Å². The molecule has 0 spiro atoms. The summed E-state index contributed by atoms with van der Waals surface area (Å²) < 4.78 is 21.4. The van der Waals surface area contributed by atoms with Gasteiger partial charge in [-0.2, -0.15) is 5.10 Å². The zero-order valence-corrected chi connectivity index (χ0v) is 18.6. The van der Waals surface area contributed by atoms with Gasteiger partial charge in [-0.3, -0.25) is 9.48 Å². The molecule has 3 heterocycles. The number of aryl methyl sites for hydroxylation is 1. The van der Waals surface area contributed by atoms with Crippen LogP contribution in [-0.4, -0.2) is 39.0 Å². The van der Waals surface area contributed by atoms with Crippen LogP contribution >= 0.6 is 0 Å². The number of carbonyl (C=O) groups is 1. The van der Waals surface area contributed by atoms with Crippen molar-refractivity contribution in [3.8, 4) is 5.75 Å². The molecule has 0 bridgehead atoms. The minimum atomic E-state index is -0.983. The van der Waals surface area contributed by atoms with E-state index in [1.165, 1.54) is 17.7 Å². The van der Waals surface area contributed by atoms with Gasteiger partial charge < -0.3 is 15.2 Å². The number of ether oxygens (including phenoxy) is 1. The summed E-state index contributed by atoms with van der Waals surface area (Å²) >= 11 is 0. The highest BCUT2D eigenvalue weighted by Gasteiger charge is 2.21. The van der Waals surface area contributed by atoms with Crippen molar-refractivity contribution in [2.75, 3.05) is 18.5 Å². The lowest BCUT2D eigenvalue weighted by molar-refractivity contribution is -0.137. The number of hydrogen-bond acceptors (Lipinski definition) is 5. The second-order valence-electron chi connectivity index (χ2n) is 8.42. The molecule has 0 amide bonds. The summed E-state index contributed by atoms with van der Waals surface area (Å²) in [7, 11) is 0. The average molecular weight is 461 g/mol. The maximum absolute atomic E-state index is 13.8. The quantitative estimate of drug-likeness (QED) is 0.399. The molecule has 5 rings (SSSR count). The van der Waals surface area contributed by atoms with Crippen LogP contribution in [0.4, 0.5) is 10.2 Å². The number of carboxylic acids is 1. The van der Waals surface area contributed by atoms with Crippen LogP contribution in [0.1, 0.15) is 35.7 Å². The van der Waals surface area contributed by atoms with E-state index in [2.05, 4.69) is 22.5 Å². The van der Waals surface area contributed by atoms with Crippen LogP contribution in [0.25, 0.3) is 10.9 Å². The number of nitrogens with one attached hydrogen (secondary N) is 1. The van der Waals surface area contributed by atoms with E-state index >= 15 is 0 Å². The largest absolute Gasteiger partial charge is 0.493 e. The maximum Gasteiger partial charge on any atom is 0.305 e. The molecule has 1 atom stereocenters. The number of nitrogens with zero attached hydrogens (tertiary/aromatic N) is 3. The predicted molar refractivity (Wildman–Crippen MR) is 127 cm³/mol. The number of fused-ring (bicyclic) bond motifs is 2. The third-order valence-corrected chi connectivity index (χ3v) is 6.04. The van der Waals surface area contributed by atoms with Crippen LogP contribution in [0.2, 0.25) is 0 Å². The first-order valence-electron chi connectivity index (χ1n) is 11.4. The van der Waals surface area contributed by atoms with Crippen molar-refractivity contribution in [3.63, 3.8) is 0 Å². The molecular weight excluding hydrogens is 435 g/mol. The van der Waals surface area contributed by atoms with Crippen molar-refractivity contribution >= 4 is 22.7 Å². The molecule has 2 aromatic heterocycles. The number of rotatable bonds is 8. The van der Waals surface area contributed by atoms with Gasteiger partial charge in [0.1, 0.15) is 17.4 Å². The summed E-state index contributed by atoms with van der Waals surface area (Å²) in [6, 6.07) is 15.1. The number of benzene rings is 2. The Morgan fingerprint density at radius 3 is 2.97 bits per heavy atom. The maximum atomic E-state index is 13.8. The minimum Gasteiger partial charge on any atom is -0.493 e. The van der Waals surface area contributed by atoms with Crippen LogP contribution in [0, 0.1) is 5.82 Å². The predicted octanol–water partition coefficient (Wildman–Crippen LogP) is 4.61. The lowest BCUT2D eigenvalue weighted by atomic mass is 10.0. The van der Waals surface area contributed by atoms with E-state index < -0.39 is 17.8 Å². The Bertz CT molecular complexity index is 1340. The van der Waals surface area contributed by atoms with Crippen LogP contribution in [-0.2, 0) is 17.6 Å². The molecule has 0 saturated heterocycles. The number of hydrogen-bond donors (Lipinski definition) is 2. The first kappa shape index (κ1) is 21.9. The molecule has 8 heteroatoms. The van der Waals surface area contributed by atoms with Gasteiger partial charge in [-0.1, -0.05) is 18.2 Å². The van der Waals surface area contributed by atoms with Crippen molar-refractivity contribution in [1.29, 1.82) is 0 Å². The molecule has 34 heavy (non-hydrogen) atoms. The molecule has 1 aliphatic rings. The third kappa shape index (κ3) is 4.71. The van der Waals surface area contributed by atoms with E-state index in [1.807, 2.05) is 18.2 Å². The van der Waals surface area contributed by atoms with Crippen LogP contribution in [0.15, 0.2) is 60.8 Å². The Labute approximate surface area is 196 Å². The van der Waals surface area contributed by atoms with Gasteiger partial charge in [0.25, 0.3) is 0 Å². The highest BCUT2D eigenvalue weighted by Crippen LogP contribution is 2.29. The molecule has 0 aliphatic carbocycles. The number of pyridine rings is 1. The Hall–Kier alpha value is -3.94. The smallest absolute Gasteiger partial charge is 0.305 e. The Kier molecular flexibility index (Phi) is 6.12. The van der Waals surface area contributed by atoms with Crippen LogP contribution < -0.4 is 10.1 Å². The normalized spacial score (nSPS) is 13.8. The second-order valence-corrected chi connectivity index (χ2v) is 8.42. The molecule has 0 saturated carbocycles. The lowest BCUT2D eigenvalue weighted by Crippen LogP contribution is -2.16. The van der Waals surface area contributed by atoms with Gasteiger partial charge in [0.05, 0.1) is 30.8 Å². The first-order valence-corrected chi connectivity index (χ1v) is 11.4. The summed E-state index contributed by atoms with van der Waals surface area (Å²) in [5.41, 5.74) is 3.55. The molecule has 1 aliphatic heterocycles. The van der Waals surface area contributed by atoms with Crippen molar-refractivity contribution in [3.05, 3.63) is 83.4 Å². The minimum absolute atomic E-state index is 0.207. The number of halogens is 1. The molecular formula is C26H25FN4O3. The Balaban J connectivity index is 1.31. The molecule has 0 radical (unpaired) electrons. The van der Waals surface area contributed by atoms with Crippen molar-refractivity contribution in [2.45, 2.75) is 31.7 Å². The van der Waals surface area contributed by atoms with E-state index in [1.54, 1.807) is 23.0 Å². The van der Waals surface area contributed by atoms with Gasteiger partial charge >= 0.3 is 5.97 Å². The molecule has 2 N–H and O–H groups in total. The van der Waals surface area contributed by atoms with Gasteiger partial charge in [-0.15, -0.1) is 0 Å². The van der Waals surface area contributed by atoms with E-state index in [0.717, 1.165) is 41.8 Å². The number of aliphatic carboxylic acids is 1. The lowest BCUT2D eigenvalue weighted by Gasteiger charge is -2.18. The average Bonchev–Trinajstić information content (AvgIpc) is 3.25. The fraction of sp³-hybridized carbons (Fsp3) is 0.269. The molecule has 174 valence electrons. The summed E-state index contributed by atoms with van der Waals surface area (Å²) in [5.74, 6) is 0.281. The summed E-state index contributed by atoms with van der Waals surface area (Å²) in [5, 5.41) is 18.0. The second kappa shape index (κ2) is 9.51. The number of carboxylic acid groups (broad SMARTS) is 1. The summed E-state index contributed by atoms with van der Waals surface area (Å²) in [4.78, 5) is 16.2. The fourth-order valence-electron chi connectivity index (χ4n) is 4.38. The Morgan fingerprint density at radius 1 is 1.21 bits per heavy atom. The van der Waals surface area contributed by atoms with Gasteiger partial charge in [-0.25, -0.2) is 9.37 Å². The molecule has 1 unspecified atom stereocenters. The highest BCUT2D eigenvalue weighted by atomic mass is 19.1. The highest BCUT2D eigenvalue weighted by molar-refractivity contribution is 5.81. The zero-order valence-electron chi connectivity index (χ0n) is 18.6.